The van der Waals surface area contributed by atoms with Gasteiger partial charge in [0.2, 0.25) is 0 Å². The fraction of sp³-hybridized carbons (Fsp3) is 0.562. The molecule has 0 aromatic heterocycles. The topological polar surface area (TPSA) is 46.5 Å². The van der Waals surface area contributed by atoms with Crippen LogP contribution in [0.25, 0.3) is 0 Å². The van der Waals surface area contributed by atoms with Crippen LogP contribution in [0.2, 0.25) is 0 Å². The lowest BCUT2D eigenvalue weighted by Gasteiger charge is -2.45. The summed E-state index contributed by atoms with van der Waals surface area (Å²) in [6.45, 7) is 9.27. The number of benzene rings is 1. The monoisotopic (exact) mass is 262 g/mol. The smallest absolute Gasteiger partial charge is 0.307 e. The molecule has 0 bridgehead atoms. The van der Waals surface area contributed by atoms with E-state index in [1.54, 1.807) is 6.92 Å². The molecule has 0 amide bonds. The first-order valence-electron chi connectivity index (χ1n) is 6.69. The SMILES string of the molecule is CC(C(=O)O)C1(c2ccc(C(C)(C)C)cc2)COC1. The van der Waals surface area contributed by atoms with Crippen molar-refractivity contribution in [2.45, 2.75) is 38.5 Å². The summed E-state index contributed by atoms with van der Waals surface area (Å²) in [5, 5.41) is 9.27. The van der Waals surface area contributed by atoms with Gasteiger partial charge in [-0.2, -0.15) is 0 Å². The fourth-order valence-electron chi connectivity index (χ4n) is 2.53. The van der Waals surface area contributed by atoms with Crippen molar-refractivity contribution < 1.29 is 14.6 Å². The molecule has 2 rings (SSSR count). The highest BCUT2D eigenvalue weighted by Crippen LogP contribution is 2.40. The summed E-state index contributed by atoms with van der Waals surface area (Å²) in [7, 11) is 0. The summed E-state index contributed by atoms with van der Waals surface area (Å²) in [5.74, 6) is -1.19. The van der Waals surface area contributed by atoms with Gasteiger partial charge in [-0.1, -0.05) is 52.0 Å². The zero-order valence-corrected chi connectivity index (χ0v) is 12.1. The summed E-state index contributed by atoms with van der Waals surface area (Å²) in [6, 6.07) is 8.32. The van der Waals surface area contributed by atoms with Crippen LogP contribution in [0.4, 0.5) is 0 Å². The van der Waals surface area contributed by atoms with E-state index in [1.807, 2.05) is 0 Å². The molecule has 1 heterocycles. The van der Waals surface area contributed by atoms with Crippen molar-refractivity contribution in [3.05, 3.63) is 35.4 Å². The molecule has 3 nitrogen and oxygen atoms in total. The molecular weight excluding hydrogens is 240 g/mol. The summed E-state index contributed by atoms with van der Waals surface area (Å²) < 4.78 is 5.30. The minimum Gasteiger partial charge on any atom is -0.481 e. The highest BCUT2D eigenvalue weighted by Gasteiger charge is 2.48. The molecule has 0 aliphatic carbocycles. The van der Waals surface area contributed by atoms with Gasteiger partial charge in [-0.05, 0) is 16.5 Å². The van der Waals surface area contributed by atoms with Gasteiger partial charge < -0.3 is 9.84 Å². The zero-order valence-electron chi connectivity index (χ0n) is 12.1. The van der Waals surface area contributed by atoms with Crippen LogP contribution in [0.5, 0.6) is 0 Å². The number of rotatable bonds is 3. The molecule has 0 radical (unpaired) electrons. The third-order valence-electron chi connectivity index (χ3n) is 4.24. The predicted molar refractivity (Wildman–Crippen MR) is 74.4 cm³/mol. The second-order valence-corrected chi connectivity index (χ2v) is 6.54. The van der Waals surface area contributed by atoms with E-state index in [9.17, 15) is 9.90 Å². The number of hydrogen-bond acceptors (Lipinski definition) is 2. The van der Waals surface area contributed by atoms with Crippen molar-refractivity contribution in [2.75, 3.05) is 13.2 Å². The van der Waals surface area contributed by atoms with Crippen LogP contribution < -0.4 is 0 Å². The molecule has 1 atom stereocenters. The lowest BCUT2D eigenvalue weighted by Crippen LogP contribution is -2.53. The molecule has 1 aromatic carbocycles. The number of carboxylic acids is 1. The van der Waals surface area contributed by atoms with E-state index in [0.717, 1.165) is 5.56 Å². The van der Waals surface area contributed by atoms with Gasteiger partial charge in [0.25, 0.3) is 0 Å². The van der Waals surface area contributed by atoms with Crippen LogP contribution in [0, 0.1) is 5.92 Å². The molecule has 104 valence electrons. The number of carbonyl (C=O) groups is 1. The van der Waals surface area contributed by atoms with Gasteiger partial charge in [0.1, 0.15) is 0 Å². The summed E-state index contributed by atoms with van der Waals surface area (Å²) in [5.41, 5.74) is 2.08. The standard InChI is InChI=1S/C16H22O3/c1-11(14(17)18)16(9-19-10-16)13-7-5-12(6-8-13)15(2,3)4/h5-8,11H,9-10H2,1-4H3,(H,17,18). The highest BCUT2D eigenvalue weighted by molar-refractivity contribution is 5.72. The van der Waals surface area contributed by atoms with Gasteiger partial charge in [-0.3, -0.25) is 4.79 Å². The molecule has 1 unspecified atom stereocenters. The summed E-state index contributed by atoms with van der Waals surface area (Å²) in [4.78, 5) is 11.3. The van der Waals surface area contributed by atoms with Crippen molar-refractivity contribution in [1.29, 1.82) is 0 Å². The van der Waals surface area contributed by atoms with Gasteiger partial charge in [-0.25, -0.2) is 0 Å². The number of ether oxygens (including phenoxy) is 1. The minimum absolute atomic E-state index is 0.111. The van der Waals surface area contributed by atoms with Crippen LogP contribution in [0.15, 0.2) is 24.3 Å². The first-order chi connectivity index (χ1) is 8.77. The van der Waals surface area contributed by atoms with E-state index in [1.165, 1.54) is 5.56 Å². The van der Waals surface area contributed by atoms with Crippen molar-refractivity contribution >= 4 is 5.97 Å². The Labute approximate surface area is 114 Å². The van der Waals surface area contributed by atoms with E-state index in [-0.39, 0.29) is 10.8 Å². The maximum Gasteiger partial charge on any atom is 0.307 e. The summed E-state index contributed by atoms with van der Waals surface area (Å²) >= 11 is 0. The maximum absolute atomic E-state index is 11.3. The van der Waals surface area contributed by atoms with Crippen molar-refractivity contribution in [1.82, 2.24) is 0 Å². The average Bonchev–Trinajstić information content (AvgIpc) is 2.26. The Morgan fingerprint density at radius 1 is 1.26 bits per heavy atom. The first kappa shape index (κ1) is 14.1. The second kappa shape index (κ2) is 4.64. The molecule has 3 heteroatoms. The lowest BCUT2D eigenvalue weighted by molar-refractivity contribution is -0.155. The van der Waals surface area contributed by atoms with Gasteiger partial charge in [0.15, 0.2) is 0 Å². The van der Waals surface area contributed by atoms with Gasteiger partial charge in [-0.15, -0.1) is 0 Å². The molecule has 1 fully saturated rings. The van der Waals surface area contributed by atoms with Crippen LogP contribution in [-0.2, 0) is 20.4 Å². The Morgan fingerprint density at radius 2 is 1.79 bits per heavy atom. The van der Waals surface area contributed by atoms with Crippen molar-refractivity contribution in [3.8, 4) is 0 Å². The van der Waals surface area contributed by atoms with Crippen LogP contribution >= 0.6 is 0 Å². The van der Waals surface area contributed by atoms with Crippen molar-refractivity contribution in [2.24, 2.45) is 5.92 Å². The molecule has 1 N–H and O–H groups in total. The van der Waals surface area contributed by atoms with E-state index in [2.05, 4.69) is 45.0 Å². The van der Waals surface area contributed by atoms with E-state index < -0.39 is 11.9 Å². The fourth-order valence-corrected chi connectivity index (χ4v) is 2.53. The van der Waals surface area contributed by atoms with E-state index in [4.69, 9.17) is 4.74 Å². The Hall–Kier alpha value is -1.35. The molecule has 1 aliphatic rings. The Balaban J connectivity index is 2.33. The third-order valence-corrected chi connectivity index (χ3v) is 4.24. The molecule has 0 saturated carbocycles. The number of aliphatic carboxylic acids is 1. The molecule has 1 aromatic rings. The first-order valence-corrected chi connectivity index (χ1v) is 6.69. The molecule has 1 saturated heterocycles. The molecule has 19 heavy (non-hydrogen) atoms. The van der Waals surface area contributed by atoms with E-state index in [0.29, 0.717) is 13.2 Å². The Bertz CT molecular complexity index is 464. The Morgan fingerprint density at radius 3 is 2.11 bits per heavy atom. The number of hydrogen-bond donors (Lipinski definition) is 1. The maximum atomic E-state index is 11.3. The Kier molecular flexibility index (Phi) is 3.43. The zero-order chi connectivity index (χ0) is 14.3. The molecular formula is C16H22O3. The van der Waals surface area contributed by atoms with Crippen molar-refractivity contribution in [3.63, 3.8) is 0 Å². The van der Waals surface area contributed by atoms with Crippen LogP contribution in [-0.4, -0.2) is 24.3 Å². The predicted octanol–water partition coefficient (Wildman–Crippen LogP) is 2.97. The molecule has 1 aliphatic heterocycles. The van der Waals surface area contributed by atoms with Gasteiger partial charge in [0.05, 0.1) is 24.5 Å². The largest absolute Gasteiger partial charge is 0.481 e. The third kappa shape index (κ3) is 2.39. The minimum atomic E-state index is -0.761. The van der Waals surface area contributed by atoms with E-state index >= 15 is 0 Å². The quantitative estimate of drug-likeness (QED) is 0.911. The highest BCUT2D eigenvalue weighted by atomic mass is 16.5. The van der Waals surface area contributed by atoms with Crippen LogP contribution in [0.3, 0.4) is 0 Å². The van der Waals surface area contributed by atoms with Gasteiger partial charge in [0, 0.05) is 0 Å². The molecule has 0 spiro atoms. The lowest BCUT2D eigenvalue weighted by atomic mass is 9.69. The van der Waals surface area contributed by atoms with Crippen LogP contribution in [0.1, 0.15) is 38.8 Å². The average molecular weight is 262 g/mol. The van der Waals surface area contributed by atoms with Gasteiger partial charge >= 0.3 is 5.97 Å². The normalized spacial score (nSPS) is 19.6. The second-order valence-electron chi connectivity index (χ2n) is 6.54. The summed E-state index contributed by atoms with van der Waals surface area (Å²) in [6.07, 6.45) is 0. The number of carboxylic acid groups (broad SMARTS) is 1.